The van der Waals surface area contributed by atoms with Crippen molar-refractivity contribution < 1.29 is 8.42 Å². The average Bonchev–Trinajstić information content (AvgIpc) is 2.65. The number of anilines is 1. The van der Waals surface area contributed by atoms with Crippen molar-refractivity contribution in [2.24, 2.45) is 5.14 Å². The summed E-state index contributed by atoms with van der Waals surface area (Å²) >= 11 is 1.00. The van der Waals surface area contributed by atoms with E-state index in [4.69, 9.17) is 10.4 Å². The van der Waals surface area contributed by atoms with Gasteiger partial charge < -0.3 is 5.32 Å². The second kappa shape index (κ2) is 5.79. The van der Waals surface area contributed by atoms with Crippen LogP contribution in [0.1, 0.15) is 19.3 Å². The number of aromatic nitrogens is 1. The highest BCUT2D eigenvalue weighted by Crippen LogP contribution is 2.21. The summed E-state index contributed by atoms with van der Waals surface area (Å²) < 4.78 is 21.9. The van der Waals surface area contributed by atoms with E-state index in [9.17, 15) is 8.42 Å². The van der Waals surface area contributed by atoms with Gasteiger partial charge in [-0.25, -0.2) is 18.5 Å². The molecule has 0 aromatic carbocycles. The summed E-state index contributed by atoms with van der Waals surface area (Å²) in [7, 11) is -3.65. The molecule has 3 N–H and O–H groups in total. The number of nitrogens with one attached hydrogen (secondary N) is 1. The summed E-state index contributed by atoms with van der Waals surface area (Å²) in [6.45, 7) is 0.666. The topological polar surface area (TPSA) is 109 Å². The molecule has 0 amide bonds. The number of sulfonamides is 1. The van der Waals surface area contributed by atoms with Gasteiger partial charge in [0.15, 0.2) is 9.34 Å². The minimum Gasteiger partial charge on any atom is -0.361 e. The highest BCUT2D eigenvalue weighted by molar-refractivity contribution is 7.91. The van der Waals surface area contributed by atoms with E-state index in [1.807, 2.05) is 0 Å². The second-order valence-electron chi connectivity index (χ2n) is 3.07. The quantitative estimate of drug-likeness (QED) is 0.738. The first-order valence-electron chi connectivity index (χ1n) is 4.63. The number of thiazole rings is 1. The predicted octanol–water partition coefficient (Wildman–Crippen LogP) is 0.896. The summed E-state index contributed by atoms with van der Waals surface area (Å²) in [4.78, 5) is 3.88. The normalized spacial score (nSPS) is 11.0. The van der Waals surface area contributed by atoms with Crippen LogP contribution in [-0.4, -0.2) is 19.9 Å². The molecule has 6 nitrogen and oxygen atoms in total. The van der Waals surface area contributed by atoms with Crippen molar-refractivity contribution in [3.8, 4) is 6.07 Å². The second-order valence-corrected chi connectivity index (χ2v) is 5.89. The first-order chi connectivity index (χ1) is 7.54. The molecule has 1 aromatic heterocycles. The third-order valence-electron chi connectivity index (χ3n) is 1.76. The van der Waals surface area contributed by atoms with Gasteiger partial charge in [-0.1, -0.05) is 11.3 Å². The lowest BCUT2D eigenvalue weighted by atomic mass is 10.2. The molecular weight excluding hydrogens is 248 g/mol. The Kier molecular flexibility index (Phi) is 4.67. The highest BCUT2D eigenvalue weighted by atomic mass is 32.2. The van der Waals surface area contributed by atoms with E-state index in [0.29, 0.717) is 18.1 Å². The van der Waals surface area contributed by atoms with Crippen LogP contribution in [0, 0.1) is 11.3 Å². The zero-order chi connectivity index (χ0) is 12.0. The van der Waals surface area contributed by atoms with Crippen molar-refractivity contribution in [3.63, 3.8) is 0 Å². The van der Waals surface area contributed by atoms with Crippen molar-refractivity contribution in [3.05, 3.63) is 6.20 Å². The Morgan fingerprint density at radius 3 is 2.88 bits per heavy atom. The lowest BCUT2D eigenvalue weighted by molar-refractivity contribution is 0.599. The van der Waals surface area contributed by atoms with E-state index in [-0.39, 0.29) is 4.21 Å². The number of nitrogens with two attached hydrogens (primary N) is 1. The van der Waals surface area contributed by atoms with E-state index in [1.165, 1.54) is 6.20 Å². The SMILES string of the molecule is N#CCCCCNc1ncc(S(N)(=O)=O)s1. The number of nitrogens with zero attached hydrogens (tertiary/aromatic N) is 2. The maximum absolute atomic E-state index is 10.9. The van der Waals surface area contributed by atoms with E-state index in [1.54, 1.807) is 0 Å². The maximum Gasteiger partial charge on any atom is 0.249 e. The smallest absolute Gasteiger partial charge is 0.249 e. The Bertz CT molecular complexity index is 474. The molecule has 1 rings (SSSR count). The molecule has 0 fully saturated rings. The summed E-state index contributed by atoms with van der Waals surface area (Å²) in [6, 6.07) is 2.05. The van der Waals surface area contributed by atoms with Gasteiger partial charge in [0.25, 0.3) is 0 Å². The van der Waals surface area contributed by atoms with E-state index in [0.717, 1.165) is 24.2 Å². The highest BCUT2D eigenvalue weighted by Gasteiger charge is 2.11. The third-order valence-corrected chi connectivity index (χ3v) is 4.12. The maximum atomic E-state index is 10.9. The Balaban J connectivity index is 2.39. The minimum atomic E-state index is -3.65. The van der Waals surface area contributed by atoms with Crippen LogP contribution in [0.5, 0.6) is 0 Å². The van der Waals surface area contributed by atoms with Gasteiger partial charge in [0.1, 0.15) is 0 Å². The van der Waals surface area contributed by atoms with Crippen LogP contribution in [0.15, 0.2) is 10.4 Å². The number of nitriles is 1. The van der Waals surface area contributed by atoms with Gasteiger partial charge in [-0.3, -0.25) is 0 Å². The van der Waals surface area contributed by atoms with Crippen LogP contribution in [-0.2, 0) is 10.0 Å². The van der Waals surface area contributed by atoms with Crippen LogP contribution in [0.2, 0.25) is 0 Å². The Morgan fingerprint density at radius 1 is 1.56 bits per heavy atom. The van der Waals surface area contributed by atoms with E-state index in [2.05, 4.69) is 16.4 Å². The fourth-order valence-electron chi connectivity index (χ4n) is 0.997. The average molecular weight is 260 g/mol. The number of primary sulfonamides is 1. The van der Waals surface area contributed by atoms with E-state index < -0.39 is 10.0 Å². The van der Waals surface area contributed by atoms with Crippen molar-refractivity contribution >= 4 is 26.5 Å². The molecule has 0 saturated carbocycles. The molecule has 0 radical (unpaired) electrons. The fourth-order valence-corrected chi connectivity index (χ4v) is 2.47. The van der Waals surface area contributed by atoms with Crippen LogP contribution >= 0.6 is 11.3 Å². The predicted molar refractivity (Wildman–Crippen MR) is 61.4 cm³/mol. The Hall–Kier alpha value is -1.17. The molecule has 8 heteroatoms. The van der Waals surface area contributed by atoms with Crippen molar-refractivity contribution in [1.82, 2.24) is 4.98 Å². The van der Waals surface area contributed by atoms with Gasteiger partial charge in [0, 0.05) is 13.0 Å². The molecule has 1 aromatic rings. The number of unbranched alkanes of at least 4 members (excludes halogenated alkanes) is 2. The Morgan fingerprint density at radius 2 is 2.31 bits per heavy atom. The molecule has 1 heterocycles. The molecule has 88 valence electrons. The summed E-state index contributed by atoms with van der Waals surface area (Å²) in [5, 5.41) is 16.8. The van der Waals surface area contributed by atoms with Gasteiger partial charge in [0.05, 0.1) is 12.3 Å². The number of hydrogen-bond donors (Lipinski definition) is 2. The number of hydrogen-bond acceptors (Lipinski definition) is 6. The molecular formula is C8H12N4O2S2. The molecule has 0 saturated heterocycles. The van der Waals surface area contributed by atoms with Gasteiger partial charge >= 0.3 is 0 Å². The largest absolute Gasteiger partial charge is 0.361 e. The van der Waals surface area contributed by atoms with Crippen molar-refractivity contribution in [1.29, 1.82) is 5.26 Å². The molecule has 16 heavy (non-hydrogen) atoms. The van der Waals surface area contributed by atoms with Crippen LogP contribution in [0.3, 0.4) is 0 Å². The first-order valence-corrected chi connectivity index (χ1v) is 7.00. The third kappa shape index (κ3) is 4.14. The van der Waals surface area contributed by atoms with Gasteiger partial charge in [-0.15, -0.1) is 0 Å². The van der Waals surface area contributed by atoms with Crippen LogP contribution < -0.4 is 10.5 Å². The standard InChI is InChI=1S/C8H12N4O2S2/c9-4-2-1-3-5-11-8-12-6-7(15-8)16(10,13)14/h6H,1-3,5H2,(H,11,12)(H2,10,13,14). The monoisotopic (exact) mass is 260 g/mol. The molecule has 0 aliphatic carbocycles. The van der Waals surface area contributed by atoms with Crippen molar-refractivity contribution in [2.45, 2.75) is 23.5 Å². The molecule has 0 bridgehead atoms. The molecule has 0 unspecified atom stereocenters. The summed E-state index contributed by atoms with van der Waals surface area (Å²) in [5.74, 6) is 0. The zero-order valence-corrected chi connectivity index (χ0v) is 10.1. The van der Waals surface area contributed by atoms with Crippen LogP contribution in [0.4, 0.5) is 5.13 Å². The van der Waals surface area contributed by atoms with Crippen molar-refractivity contribution in [2.75, 3.05) is 11.9 Å². The Labute approximate surface area is 98.2 Å². The van der Waals surface area contributed by atoms with Crippen LogP contribution in [0.25, 0.3) is 0 Å². The van der Waals surface area contributed by atoms with Gasteiger partial charge in [-0.2, -0.15) is 5.26 Å². The lowest BCUT2D eigenvalue weighted by Gasteiger charge is -1.99. The zero-order valence-electron chi connectivity index (χ0n) is 8.51. The fraction of sp³-hybridized carbons (Fsp3) is 0.500. The molecule has 0 aliphatic heterocycles. The van der Waals surface area contributed by atoms with E-state index >= 15 is 0 Å². The van der Waals surface area contributed by atoms with Gasteiger partial charge in [0.2, 0.25) is 10.0 Å². The minimum absolute atomic E-state index is 0.0482. The number of rotatable bonds is 6. The summed E-state index contributed by atoms with van der Waals surface area (Å²) in [6.07, 6.45) is 3.42. The lowest BCUT2D eigenvalue weighted by Crippen LogP contribution is -2.09. The molecule has 0 spiro atoms. The first kappa shape index (κ1) is 12.9. The molecule has 0 atom stereocenters. The molecule has 0 aliphatic rings. The van der Waals surface area contributed by atoms with Gasteiger partial charge in [-0.05, 0) is 12.8 Å². The summed E-state index contributed by atoms with van der Waals surface area (Å²) in [5.41, 5.74) is 0.